The Morgan fingerprint density at radius 3 is 2.41 bits per heavy atom. The van der Waals surface area contributed by atoms with E-state index in [4.69, 9.17) is 9.98 Å². The third-order valence-electron chi connectivity index (χ3n) is 5.84. The first-order valence-corrected chi connectivity index (χ1v) is 10.4. The minimum absolute atomic E-state index is 0.169. The zero-order valence-corrected chi connectivity index (χ0v) is 17.3. The van der Waals surface area contributed by atoms with E-state index in [-0.39, 0.29) is 6.04 Å². The lowest BCUT2D eigenvalue weighted by Crippen LogP contribution is -2.37. The number of nitrogens with zero attached hydrogens (tertiary/aromatic N) is 3. The molecule has 0 bridgehead atoms. The van der Waals surface area contributed by atoms with E-state index in [1.807, 2.05) is 6.20 Å². The van der Waals surface area contributed by atoms with Gasteiger partial charge in [-0.15, -0.1) is 0 Å². The number of hydrogen-bond donors (Lipinski definition) is 0. The van der Waals surface area contributed by atoms with Crippen LogP contribution in [-0.4, -0.2) is 35.5 Å². The highest BCUT2D eigenvalue weighted by atomic mass is 15.2. The lowest BCUT2D eigenvalue weighted by Gasteiger charge is -2.34. The number of dihydropyridines is 1. The zero-order chi connectivity index (χ0) is 19.1. The summed E-state index contributed by atoms with van der Waals surface area (Å²) in [5.74, 6) is 0.870. The molecule has 0 radical (unpaired) electrons. The number of aliphatic imine (C=N–C) groups is 2. The molecule has 0 spiro atoms. The molecule has 1 unspecified atom stereocenters. The Morgan fingerprint density at radius 1 is 1.07 bits per heavy atom. The summed E-state index contributed by atoms with van der Waals surface area (Å²) < 4.78 is 0. The largest absolute Gasteiger partial charge is 0.372 e. The summed E-state index contributed by atoms with van der Waals surface area (Å²) in [5, 5.41) is 0. The predicted molar refractivity (Wildman–Crippen MR) is 115 cm³/mol. The Hall–Kier alpha value is -2.16. The van der Waals surface area contributed by atoms with Crippen LogP contribution in [0.1, 0.15) is 55.4 Å². The molecule has 142 valence electrons. The molecule has 2 aliphatic heterocycles. The lowest BCUT2D eigenvalue weighted by atomic mass is 9.88. The number of rotatable bonds is 6. The van der Waals surface area contributed by atoms with Crippen molar-refractivity contribution in [2.75, 3.05) is 13.1 Å². The molecule has 3 heteroatoms. The molecule has 1 aromatic carbocycles. The van der Waals surface area contributed by atoms with Crippen molar-refractivity contribution in [1.29, 1.82) is 0 Å². The number of benzene rings is 1. The monoisotopic (exact) mass is 361 g/mol. The summed E-state index contributed by atoms with van der Waals surface area (Å²) in [6, 6.07) is 4.68. The van der Waals surface area contributed by atoms with Crippen LogP contribution in [0.5, 0.6) is 0 Å². The van der Waals surface area contributed by atoms with Crippen LogP contribution in [-0.2, 0) is 0 Å². The summed E-state index contributed by atoms with van der Waals surface area (Å²) in [6.07, 6.45) is 8.08. The molecule has 0 saturated heterocycles. The van der Waals surface area contributed by atoms with Crippen molar-refractivity contribution >= 4 is 11.4 Å². The van der Waals surface area contributed by atoms with Gasteiger partial charge in [0.2, 0.25) is 0 Å². The van der Waals surface area contributed by atoms with Crippen LogP contribution in [0.25, 0.3) is 0 Å². The third-order valence-corrected chi connectivity index (χ3v) is 5.84. The average molecular weight is 362 g/mol. The van der Waals surface area contributed by atoms with E-state index in [1.54, 1.807) is 0 Å². The molecular formula is C24H31N3. The minimum atomic E-state index is 0.169. The van der Waals surface area contributed by atoms with Crippen LogP contribution in [0.2, 0.25) is 0 Å². The van der Waals surface area contributed by atoms with E-state index < -0.39 is 0 Å². The second kappa shape index (κ2) is 7.10. The Kier molecular flexibility index (Phi) is 4.79. The van der Waals surface area contributed by atoms with Gasteiger partial charge in [0.15, 0.2) is 0 Å². The summed E-state index contributed by atoms with van der Waals surface area (Å²) in [4.78, 5) is 12.6. The first-order valence-electron chi connectivity index (χ1n) is 10.4. The number of aryl methyl sites for hydroxylation is 3. The molecule has 1 atom stereocenters. The van der Waals surface area contributed by atoms with E-state index in [1.165, 1.54) is 59.3 Å². The number of hydrogen-bond acceptors (Lipinski definition) is 3. The topological polar surface area (TPSA) is 28.0 Å². The summed E-state index contributed by atoms with van der Waals surface area (Å²) in [6.45, 7) is 13.3. The van der Waals surface area contributed by atoms with Crippen LogP contribution < -0.4 is 0 Å². The van der Waals surface area contributed by atoms with E-state index in [2.05, 4.69) is 57.7 Å². The molecule has 0 aromatic heterocycles. The maximum absolute atomic E-state index is 5.21. The van der Waals surface area contributed by atoms with Gasteiger partial charge in [0.05, 0.1) is 17.5 Å². The SMILES string of the molecule is CCCN(CC1CC1)C1=C2C=CN=C2C(c2c(C)cc(C)cc2C)=NC1C. The number of allylic oxidation sites excluding steroid dienone is 2. The van der Waals surface area contributed by atoms with Crippen LogP contribution in [0, 0.1) is 26.7 Å². The van der Waals surface area contributed by atoms with Crippen LogP contribution in [0.3, 0.4) is 0 Å². The van der Waals surface area contributed by atoms with Gasteiger partial charge in [-0.3, -0.25) is 9.98 Å². The van der Waals surface area contributed by atoms with Crippen molar-refractivity contribution in [3.05, 3.63) is 57.9 Å². The van der Waals surface area contributed by atoms with E-state index in [0.717, 1.165) is 23.9 Å². The summed E-state index contributed by atoms with van der Waals surface area (Å²) in [5.41, 5.74) is 9.96. The van der Waals surface area contributed by atoms with Crippen LogP contribution in [0.15, 0.2) is 45.7 Å². The summed E-state index contributed by atoms with van der Waals surface area (Å²) >= 11 is 0. The first kappa shape index (κ1) is 18.2. The molecule has 1 aromatic rings. The van der Waals surface area contributed by atoms with Gasteiger partial charge in [-0.2, -0.15) is 0 Å². The second-order valence-electron chi connectivity index (χ2n) is 8.41. The van der Waals surface area contributed by atoms with Crippen LogP contribution in [0.4, 0.5) is 0 Å². The smallest absolute Gasteiger partial charge is 0.0979 e. The van der Waals surface area contributed by atoms with Gasteiger partial charge < -0.3 is 4.90 Å². The molecule has 0 amide bonds. The van der Waals surface area contributed by atoms with Gasteiger partial charge in [-0.25, -0.2) is 0 Å². The highest BCUT2D eigenvalue weighted by molar-refractivity contribution is 6.55. The number of fused-ring (bicyclic) bond motifs is 1. The van der Waals surface area contributed by atoms with E-state index in [0.29, 0.717) is 0 Å². The Bertz CT molecular complexity index is 858. The van der Waals surface area contributed by atoms with Crippen molar-refractivity contribution < 1.29 is 0 Å². The van der Waals surface area contributed by atoms with Gasteiger partial charge in [-0.1, -0.05) is 24.6 Å². The Balaban J connectivity index is 1.76. The van der Waals surface area contributed by atoms with Gasteiger partial charge >= 0.3 is 0 Å². The molecule has 1 saturated carbocycles. The summed E-state index contributed by atoms with van der Waals surface area (Å²) in [7, 11) is 0. The van der Waals surface area contributed by atoms with Crippen molar-refractivity contribution in [2.24, 2.45) is 15.9 Å². The molecular weight excluding hydrogens is 330 g/mol. The van der Waals surface area contributed by atoms with E-state index in [9.17, 15) is 0 Å². The third kappa shape index (κ3) is 3.40. The predicted octanol–water partition coefficient (Wildman–Crippen LogP) is 5.15. The molecule has 3 aliphatic rings. The normalized spacial score (nSPS) is 21.3. The van der Waals surface area contributed by atoms with Gasteiger partial charge in [0, 0.05) is 36.1 Å². The zero-order valence-electron chi connectivity index (χ0n) is 17.3. The fourth-order valence-electron chi connectivity index (χ4n) is 4.63. The van der Waals surface area contributed by atoms with Gasteiger partial charge in [0.1, 0.15) is 0 Å². The molecule has 1 fully saturated rings. The molecule has 3 nitrogen and oxygen atoms in total. The lowest BCUT2D eigenvalue weighted by molar-refractivity contribution is 0.311. The van der Waals surface area contributed by atoms with Crippen molar-refractivity contribution in [3.63, 3.8) is 0 Å². The van der Waals surface area contributed by atoms with Crippen LogP contribution >= 0.6 is 0 Å². The van der Waals surface area contributed by atoms with Crippen molar-refractivity contribution in [2.45, 2.75) is 59.9 Å². The Labute approximate surface area is 163 Å². The molecule has 0 N–H and O–H groups in total. The maximum Gasteiger partial charge on any atom is 0.0979 e. The Morgan fingerprint density at radius 2 is 1.78 bits per heavy atom. The van der Waals surface area contributed by atoms with Gasteiger partial charge in [-0.05, 0) is 70.1 Å². The van der Waals surface area contributed by atoms with E-state index >= 15 is 0 Å². The molecule has 1 aliphatic carbocycles. The molecule has 27 heavy (non-hydrogen) atoms. The fraction of sp³-hybridized carbons (Fsp3) is 0.500. The first-order chi connectivity index (χ1) is 13.0. The van der Waals surface area contributed by atoms with Gasteiger partial charge in [0.25, 0.3) is 0 Å². The highest BCUT2D eigenvalue weighted by Gasteiger charge is 2.34. The molecule has 2 heterocycles. The molecule has 4 rings (SSSR count). The minimum Gasteiger partial charge on any atom is -0.372 e. The maximum atomic E-state index is 5.21. The quantitative estimate of drug-likeness (QED) is 0.689. The van der Waals surface area contributed by atoms with Crippen molar-refractivity contribution in [1.82, 2.24) is 4.90 Å². The van der Waals surface area contributed by atoms with Crippen molar-refractivity contribution in [3.8, 4) is 0 Å². The second-order valence-corrected chi connectivity index (χ2v) is 8.41. The standard InChI is InChI=1S/C24H31N3/c1-6-11-27(14-19-7-8-19)24-18(5)26-23(22-20(24)9-10-25-22)21-16(3)12-15(2)13-17(21)4/h9-10,12-13,18-19H,6-8,11,14H2,1-5H3. The highest BCUT2D eigenvalue weighted by Crippen LogP contribution is 2.35. The average Bonchev–Trinajstić information content (AvgIpc) is 3.27. The fourth-order valence-corrected chi connectivity index (χ4v) is 4.63.